The topological polar surface area (TPSA) is 47.6 Å². The van der Waals surface area contributed by atoms with Gasteiger partial charge in [0.25, 0.3) is 0 Å². The second-order valence-corrected chi connectivity index (χ2v) is 6.21. The SMILES string of the molecule is NC1=N[C@@]2(c3cccc(F)c3F)CO[C@H](C(F)(F)F)[C@H]2CS1. The first-order valence-corrected chi connectivity index (χ1v) is 7.35. The van der Waals surface area contributed by atoms with Crippen LogP contribution in [0.25, 0.3) is 0 Å². The number of rotatable bonds is 1. The zero-order valence-corrected chi connectivity index (χ0v) is 11.8. The summed E-state index contributed by atoms with van der Waals surface area (Å²) in [7, 11) is 0. The van der Waals surface area contributed by atoms with E-state index in [0.717, 1.165) is 17.8 Å². The molecule has 9 heteroatoms. The lowest BCUT2D eigenvalue weighted by Crippen LogP contribution is -2.46. The van der Waals surface area contributed by atoms with Gasteiger partial charge in [0.15, 0.2) is 22.9 Å². The van der Waals surface area contributed by atoms with Crippen LogP contribution in [-0.4, -0.2) is 29.8 Å². The summed E-state index contributed by atoms with van der Waals surface area (Å²) in [6.07, 6.45) is -6.70. The normalized spacial score (nSPS) is 31.8. The van der Waals surface area contributed by atoms with Gasteiger partial charge in [0.2, 0.25) is 0 Å². The lowest BCUT2D eigenvalue weighted by molar-refractivity contribution is -0.215. The molecule has 1 aromatic carbocycles. The Morgan fingerprint density at radius 3 is 2.73 bits per heavy atom. The highest BCUT2D eigenvalue weighted by atomic mass is 32.2. The van der Waals surface area contributed by atoms with E-state index in [2.05, 4.69) is 4.99 Å². The number of halogens is 5. The summed E-state index contributed by atoms with van der Waals surface area (Å²) in [6.45, 7) is -0.497. The Balaban J connectivity index is 2.16. The minimum atomic E-state index is -4.61. The van der Waals surface area contributed by atoms with E-state index in [1.807, 2.05) is 0 Å². The largest absolute Gasteiger partial charge is 0.415 e. The van der Waals surface area contributed by atoms with Gasteiger partial charge in [-0.1, -0.05) is 23.9 Å². The third-order valence-electron chi connectivity index (χ3n) is 3.92. The van der Waals surface area contributed by atoms with Crippen molar-refractivity contribution in [2.75, 3.05) is 12.4 Å². The Morgan fingerprint density at radius 1 is 1.32 bits per heavy atom. The van der Waals surface area contributed by atoms with Crippen LogP contribution in [0.15, 0.2) is 23.2 Å². The number of aliphatic imine (C=N–C) groups is 1. The Morgan fingerprint density at radius 2 is 2.05 bits per heavy atom. The highest BCUT2D eigenvalue weighted by Crippen LogP contribution is 2.51. The second-order valence-electron chi connectivity index (χ2n) is 5.17. The number of ether oxygens (including phenoxy) is 1. The number of hydrogen-bond acceptors (Lipinski definition) is 4. The van der Waals surface area contributed by atoms with Crippen molar-refractivity contribution in [3.05, 3.63) is 35.4 Å². The number of alkyl halides is 3. The number of nitrogens with two attached hydrogens (primary N) is 1. The average molecular weight is 338 g/mol. The van der Waals surface area contributed by atoms with Gasteiger partial charge in [-0.15, -0.1) is 0 Å². The Hall–Kier alpha value is -1.35. The first-order valence-electron chi connectivity index (χ1n) is 6.36. The number of benzene rings is 1. The molecule has 2 N–H and O–H groups in total. The molecule has 0 bridgehead atoms. The van der Waals surface area contributed by atoms with Crippen LogP contribution in [0.2, 0.25) is 0 Å². The van der Waals surface area contributed by atoms with E-state index in [4.69, 9.17) is 10.5 Å². The number of hydrogen-bond donors (Lipinski definition) is 1. The molecule has 0 aromatic heterocycles. The molecule has 22 heavy (non-hydrogen) atoms. The van der Waals surface area contributed by atoms with Crippen LogP contribution >= 0.6 is 11.8 Å². The highest BCUT2D eigenvalue weighted by molar-refractivity contribution is 8.13. The van der Waals surface area contributed by atoms with Crippen LogP contribution in [0, 0.1) is 17.6 Å². The predicted molar refractivity (Wildman–Crippen MR) is 71.4 cm³/mol. The van der Waals surface area contributed by atoms with Crippen molar-refractivity contribution in [2.45, 2.75) is 17.8 Å². The van der Waals surface area contributed by atoms with E-state index in [1.165, 1.54) is 12.1 Å². The fraction of sp³-hybridized carbons (Fsp3) is 0.462. The van der Waals surface area contributed by atoms with Gasteiger partial charge in [-0.05, 0) is 6.07 Å². The molecule has 3 nitrogen and oxygen atoms in total. The maximum Gasteiger partial charge on any atom is 0.415 e. The van der Waals surface area contributed by atoms with Gasteiger partial charge in [-0.2, -0.15) is 13.2 Å². The van der Waals surface area contributed by atoms with Gasteiger partial charge in [-0.25, -0.2) is 13.8 Å². The van der Waals surface area contributed by atoms with Gasteiger partial charge in [0.1, 0.15) is 5.54 Å². The predicted octanol–water partition coefficient (Wildman–Crippen LogP) is 2.80. The molecular weight excluding hydrogens is 327 g/mol. The van der Waals surface area contributed by atoms with Crippen molar-refractivity contribution in [1.82, 2.24) is 0 Å². The summed E-state index contributed by atoms with van der Waals surface area (Å²) >= 11 is 0.949. The summed E-state index contributed by atoms with van der Waals surface area (Å²) in [6, 6.07) is 3.35. The average Bonchev–Trinajstić information content (AvgIpc) is 2.81. The first kappa shape index (κ1) is 15.5. The van der Waals surface area contributed by atoms with Crippen LogP contribution in [-0.2, 0) is 10.3 Å². The van der Waals surface area contributed by atoms with Gasteiger partial charge < -0.3 is 10.5 Å². The lowest BCUT2D eigenvalue weighted by atomic mass is 9.78. The quantitative estimate of drug-likeness (QED) is 0.801. The molecule has 0 amide bonds. The number of thioether (sulfide) groups is 1. The van der Waals surface area contributed by atoms with Crippen LogP contribution in [0.1, 0.15) is 5.56 Å². The standard InChI is InChI=1S/C13H11F5N2OS/c14-8-3-1-2-6(9(8)15)12-5-21-10(13(16,17)18)7(12)4-22-11(19)20-12/h1-3,7,10H,4-5H2,(H2,19,20)/t7-,10+,12-/m1/s1. The van der Waals surface area contributed by atoms with Gasteiger partial charge in [0, 0.05) is 17.2 Å². The van der Waals surface area contributed by atoms with E-state index in [0.29, 0.717) is 0 Å². The van der Waals surface area contributed by atoms with Crippen molar-refractivity contribution >= 4 is 16.9 Å². The van der Waals surface area contributed by atoms with Crippen molar-refractivity contribution in [1.29, 1.82) is 0 Å². The number of fused-ring (bicyclic) bond motifs is 1. The van der Waals surface area contributed by atoms with Gasteiger partial charge >= 0.3 is 6.18 Å². The highest BCUT2D eigenvalue weighted by Gasteiger charge is 2.62. The molecule has 1 aromatic rings. The minimum absolute atomic E-state index is 0.0323. The second kappa shape index (κ2) is 5.09. The molecule has 3 atom stereocenters. The third kappa shape index (κ3) is 2.26. The zero-order chi connectivity index (χ0) is 16.1. The van der Waals surface area contributed by atoms with Gasteiger partial charge in [0.05, 0.1) is 6.61 Å². The molecule has 120 valence electrons. The van der Waals surface area contributed by atoms with Crippen LogP contribution in [0.4, 0.5) is 22.0 Å². The summed E-state index contributed by atoms with van der Waals surface area (Å²) in [5.74, 6) is -3.56. The lowest BCUT2D eigenvalue weighted by Gasteiger charge is -2.36. The molecule has 2 aliphatic rings. The number of amidine groups is 1. The van der Waals surface area contributed by atoms with Gasteiger partial charge in [-0.3, -0.25) is 0 Å². The molecule has 3 rings (SSSR count). The minimum Gasteiger partial charge on any atom is -0.379 e. The van der Waals surface area contributed by atoms with Crippen LogP contribution in [0.5, 0.6) is 0 Å². The molecule has 2 aliphatic heterocycles. The molecular formula is C13H11F5N2OS. The Labute approximate surface area is 126 Å². The van der Waals surface area contributed by atoms with E-state index in [-0.39, 0.29) is 16.5 Å². The molecule has 1 saturated heterocycles. The van der Waals surface area contributed by atoms with Crippen molar-refractivity contribution in [3.8, 4) is 0 Å². The first-order chi connectivity index (χ1) is 10.3. The van der Waals surface area contributed by atoms with Crippen LogP contribution in [0.3, 0.4) is 0 Å². The summed E-state index contributed by atoms with van der Waals surface area (Å²) in [4.78, 5) is 4.04. The fourth-order valence-electron chi connectivity index (χ4n) is 2.93. The molecule has 0 unspecified atom stereocenters. The smallest absolute Gasteiger partial charge is 0.379 e. The van der Waals surface area contributed by atoms with E-state index >= 15 is 0 Å². The maximum absolute atomic E-state index is 14.1. The van der Waals surface area contributed by atoms with Crippen molar-refractivity contribution in [3.63, 3.8) is 0 Å². The molecule has 0 radical (unpaired) electrons. The van der Waals surface area contributed by atoms with E-state index in [1.54, 1.807) is 0 Å². The Bertz CT molecular complexity index is 635. The fourth-order valence-corrected chi connectivity index (χ4v) is 3.96. The monoisotopic (exact) mass is 338 g/mol. The van der Waals surface area contributed by atoms with Crippen LogP contribution < -0.4 is 5.73 Å². The molecule has 2 heterocycles. The van der Waals surface area contributed by atoms with E-state index in [9.17, 15) is 22.0 Å². The Kier molecular flexibility index (Phi) is 3.59. The molecule has 0 spiro atoms. The third-order valence-corrected chi connectivity index (χ3v) is 4.84. The van der Waals surface area contributed by atoms with Crippen molar-refractivity contribution in [2.24, 2.45) is 16.6 Å². The molecule has 0 aliphatic carbocycles. The maximum atomic E-state index is 14.1. The van der Waals surface area contributed by atoms with E-state index < -0.39 is 42.0 Å². The summed E-state index contributed by atoms with van der Waals surface area (Å²) in [5.41, 5.74) is 3.71. The number of nitrogens with zero attached hydrogens (tertiary/aromatic N) is 1. The molecule has 0 saturated carbocycles. The molecule has 1 fully saturated rings. The zero-order valence-electron chi connectivity index (χ0n) is 11.0. The summed E-state index contributed by atoms with van der Waals surface area (Å²) < 4.78 is 71.8. The summed E-state index contributed by atoms with van der Waals surface area (Å²) in [5, 5.41) is 0.0336. The van der Waals surface area contributed by atoms with Crippen molar-refractivity contribution < 1.29 is 26.7 Å².